The number of thioether (sulfide) groups is 1. The number of aryl methyl sites for hydroxylation is 1. The van der Waals surface area contributed by atoms with Crippen molar-refractivity contribution in [2.24, 2.45) is 0 Å². The number of amides is 1. The van der Waals surface area contributed by atoms with Crippen molar-refractivity contribution in [3.63, 3.8) is 0 Å². The lowest BCUT2D eigenvalue weighted by atomic mass is 10.1. The second kappa shape index (κ2) is 11.5. The Morgan fingerprint density at radius 2 is 1.72 bits per heavy atom. The zero-order chi connectivity index (χ0) is 23.0. The zero-order valence-electron chi connectivity index (χ0n) is 17.7. The Bertz CT molecular complexity index is 1150. The first-order valence-electron chi connectivity index (χ1n) is 10.1. The molecule has 3 aromatic rings. The number of nitrogens with zero attached hydrogens (tertiary/aromatic N) is 1. The van der Waals surface area contributed by atoms with Crippen LogP contribution in [0.4, 0.5) is 5.69 Å². The van der Waals surface area contributed by atoms with E-state index >= 15 is 0 Å². The van der Waals surface area contributed by atoms with Crippen molar-refractivity contribution in [3.8, 4) is 0 Å². The SMILES string of the molecule is Cc1ccccc1CSCCNC(=O)CN(c1cccc(Br)c1)S(=O)(=O)c1ccccc1. The van der Waals surface area contributed by atoms with Crippen molar-refractivity contribution in [2.75, 3.05) is 23.1 Å². The van der Waals surface area contributed by atoms with Gasteiger partial charge in [0, 0.05) is 22.5 Å². The van der Waals surface area contributed by atoms with Crippen LogP contribution in [0.1, 0.15) is 11.1 Å². The van der Waals surface area contributed by atoms with Crippen LogP contribution < -0.4 is 9.62 Å². The summed E-state index contributed by atoms with van der Waals surface area (Å²) in [5, 5.41) is 2.84. The molecule has 3 rings (SSSR count). The predicted octanol–water partition coefficient (Wildman–Crippen LogP) is 5.00. The maximum Gasteiger partial charge on any atom is 0.264 e. The van der Waals surface area contributed by atoms with Crippen molar-refractivity contribution in [1.82, 2.24) is 5.32 Å². The molecule has 0 aliphatic carbocycles. The van der Waals surface area contributed by atoms with Gasteiger partial charge in [0.15, 0.2) is 0 Å². The van der Waals surface area contributed by atoms with Gasteiger partial charge in [-0.2, -0.15) is 11.8 Å². The molecule has 0 fully saturated rings. The highest BCUT2D eigenvalue weighted by molar-refractivity contribution is 9.10. The quantitative estimate of drug-likeness (QED) is 0.373. The standard InChI is InChI=1S/C24H25BrN2O3S2/c1-19-8-5-6-9-20(19)18-31-15-14-26-24(28)17-27(22-11-7-10-21(25)16-22)32(29,30)23-12-3-2-4-13-23/h2-13,16H,14-15,17-18H2,1H3,(H,26,28). The molecule has 0 aliphatic heterocycles. The molecule has 1 N–H and O–H groups in total. The number of nitrogens with one attached hydrogen (secondary N) is 1. The van der Waals surface area contributed by atoms with Gasteiger partial charge in [-0.25, -0.2) is 8.42 Å². The van der Waals surface area contributed by atoms with E-state index < -0.39 is 10.0 Å². The van der Waals surface area contributed by atoms with E-state index in [1.54, 1.807) is 48.2 Å². The normalized spacial score (nSPS) is 11.2. The van der Waals surface area contributed by atoms with Crippen LogP contribution in [0.3, 0.4) is 0 Å². The minimum atomic E-state index is -3.90. The first kappa shape index (κ1) is 24.4. The van der Waals surface area contributed by atoms with Gasteiger partial charge in [-0.1, -0.05) is 64.5 Å². The van der Waals surface area contributed by atoms with Gasteiger partial charge in [-0.15, -0.1) is 0 Å². The third kappa shape index (κ3) is 6.60. The molecule has 0 aliphatic rings. The molecule has 168 valence electrons. The Kier molecular flexibility index (Phi) is 8.78. The van der Waals surface area contributed by atoms with Crippen molar-refractivity contribution in [3.05, 3.63) is 94.5 Å². The average molecular weight is 534 g/mol. The summed E-state index contributed by atoms with van der Waals surface area (Å²) in [5.74, 6) is 1.26. The number of carbonyl (C=O) groups is 1. The van der Waals surface area contributed by atoms with Crippen molar-refractivity contribution in [1.29, 1.82) is 0 Å². The van der Waals surface area contributed by atoms with Crippen LogP contribution in [0.25, 0.3) is 0 Å². The van der Waals surface area contributed by atoms with E-state index in [0.717, 1.165) is 20.3 Å². The van der Waals surface area contributed by atoms with Gasteiger partial charge in [0.1, 0.15) is 6.54 Å². The van der Waals surface area contributed by atoms with Gasteiger partial charge < -0.3 is 5.32 Å². The van der Waals surface area contributed by atoms with Crippen LogP contribution in [0.2, 0.25) is 0 Å². The summed E-state index contributed by atoms with van der Waals surface area (Å²) in [6, 6.07) is 23.3. The predicted molar refractivity (Wildman–Crippen MR) is 135 cm³/mol. The van der Waals surface area contributed by atoms with E-state index in [1.165, 1.54) is 23.3 Å². The Morgan fingerprint density at radius 1 is 1.00 bits per heavy atom. The summed E-state index contributed by atoms with van der Waals surface area (Å²) in [6.45, 7) is 2.25. The number of hydrogen-bond acceptors (Lipinski definition) is 4. The lowest BCUT2D eigenvalue weighted by Crippen LogP contribution is -2.41. The number of hydrogen-bond donors (Lipinski definition) is 1. The highest BCUT2D eigenvalue weighted by Gasteiger charge is 2.27. The summed E-state index contributed by atoms with van der Waals surface area (Å²) in [4.78, 5) is 12.8. The van der Waals surface area contributed by atoms with Crippen molar-refractivity contribution < 1.29 is 13.2 Å². The Hall–Kier alpha value is -2.29. The fourth-order valence-corrected chi connectivity index (χ4v) is 5.82. The fraction of sp³-hybridized carbons (Fsp3) is 0.208. The molecule has 1 amide bonds. The van der Waals surface area contributed by atoms with E-state index in [4.69, 9.17) is 0 Å². The first-order valence-corrected chi connectivity index (χ1v) is 13.5. The number of rotatable bonds is 10. The summed E-state index contributed by atoms with van der Waals surface area (Å²) >= 11 is 5.11. The molecule has 0 saturated heterocycles. The third-order valence-electron chi connectivity index (χ3n) is 4.80. The Morgan fingerprint density at radius 3 is 2.44 bits per heavy atom. The molecule has 32 heavy (non-hydrogen) atoms. The van der Waals surface area contributed by atoms with Crippen LogP contribution in [-0.4, -0.2) is 33.2 Å². The molecule has 0 spiro atoms. The van der Waals surface area contributed by atoms with Gasteiger partial charge in [-0.3, -0.25) is 9.10 Å². The molecule has 0 aromatic heterocycles. The number of benzene rings is 3. The number of sulfonamides is 1. The molecule has 0 heterocycles. The topological polar surface area (TPSA) is 66.5 Å². The Balaban J connectivity index is 1.63. The molecule has 0 atom stereocenters. The minimum Gasteiger partial charge on any atom is -0.354 e. The molecular formula is C24H25BrN2O3S2. The van der Waals surface area contributed by atoms with Crippen LogP contribution in [0.15, 0.2) is 88.2 Å². The van der Waals surface area contributed by atoms with E-state index in [2.05, 4.69) is 40.3 Å². The summed E-state index contributed by atoms with van der Waals surface area (Å²) < 4.78 is 28.4. The third-order valence-corrected chi connectivity index (χ3v) is 8.09. The molecule has 0 saturated carbocycles. The van der Waals surface area contributed by atoms with E-state index in [9.17, 15) is 13.2 Å². The first-order chi connectivity index (χ1) is 15.4. The highest BCUT2D eigenvalue weighted by Crippen LogP contribution is 2.26. The van der Waals surface area contributed by atoms with Crippen molar-refractivity contribution in [2.45, 2.75) is 17.6 Å². The van der Waals surface area contributed by atoms with Crippen LogP contribution in [0, 0.1) is 6.92 Å². The average Bonchev–Trinajstić information content (AvgIpc) is 2.79. The van der Waals surface area contributed by atoms with E-state index in [0.29, 0.717) is 12.2 Å². The molecule has 8 heteroatoms. The summed E-state index contributed by atoms with van der Waals surface area (Å²) in [5.41, 5.74) is 2.95. The lowest BCUT2D eigenvalue weighted by Gasteiger charge is -2.24. The summed E-state index contributed by atoms with van der Waals surface area (Å²) in [7, 11) is -3.90. The molecule has 3 aromatic carbocycles. The maximum absolute atomic E-state index is 13.3. The van der Waals surface area contributed by atoms with E-state index in [-0.39, 0.29) is 17.3 Å². The molecule has 5 nitrogen and oxygen atoms in total. The van der Waals surface area contributed by atoms with Gasteiger partial charge in [0.05, 0.1) is 10.6 Å². The Labute approximate surface area is 202 Å². The number of halogens is 1. The van der Waals surface area contributed by atoms with Crippen LogP contribution in [0.5, 0.6) is 0 Å². The molecule has 0 bridgehead atoms. The number of anilines is 1. The second-order valence-electron chi connectivity index (χ2n) is 7.13. The lowest BCUT2D eigenvalue weighted by molar-refractivity contribution is -0.119. The smallest absolute Gasteiger partial charge is 0.264 e. The summed E-state index contributed by atoms with van der Waals surface area (Å²) in [6.07, 6.45) is 0. The zero-order valence-corrected chi connectivity index (χ0v) is 20.9. The van der Waals surface area contributed by atoms with Gasteiger partial charge in [0.2, 0.25) is 5.91 Å². The van der Waals surface area contributed by atoms with Crippen LogP contribution in [-0.2, 0) is 20.6 Å². The fourth-order valence-electron chi connectivity index (χ4n) is 3.07. The minimum absolute atomic E-state index is 0.140. The molecular weight excluding hydrogens is 508 g/mol. The molecule has 0 radical (unpaired) electrons. The van der Waals surface area contributed by atoms with Gasteiger partial charge >= 0.3 is 0 Å². The van der Waals surface area contributed by atoms with Gasteiger partial charge in [-0.05, 0) is 48.4 Å². The highest BCUT2D eigenvalue weighted by atomic mass is 79.9. The maximum atomic E-state index is 13.3. The monoisotopic (exact) mass is 532 g/mol. The van der Waals surface area contributed by atoms with Crippen LogP contribution >= 0.6 is 27.7 Å². The van der Waals surface area contributed by atoms with E-state index in [1.807, 2.05) is 18.2 Å². The number of carbonyl (C=O) groups excluding carboxylic acids is 1. The largest absolute Gasteiger partial charge is 0.354 e. The molecule has 0 unspecified atom stereocenters. The second-order valence-corrected chi connectivity index (χ2v) is 11.0. The van der Waals surface area contributed by atoms with Crippen molar-refractivity contribution >= 4 is 49.3 Å². The van der Waals surface area contributed by atoms with Gasteiger partial charge in [0.25, 0.3) is 10.0 Å².